The predicted molar refractivity (Wildman–Crippen MR) is 103 cm³/mol. The molecule has 2 N–H and O–H groups in total. The second kappa shape index (κ2) is 8.05. The molecule has 24 heavy (non-hydrogen) atoms. The van der Waals surface area contributed by atoms with Gasteiger partial charge >= 0.3 is 0 Å². The van der Waals surface area contributed by atoms with Crippen LogP contribution < -0.4 is 0 Å². The van der Waals surface area contributed by atoms with E-state index in [1.54, 1.807) is 0 Å². The number of phenols is 2. The maximum absolute atomic E-state index is 10.6. The van der Waals surface area contributed by atoms with Crippen LogP contribution >= 0.6 is 0 Å². The van der Waals surface area contributed by atoms with E-state index in [9.17, 15) is 10.2 Å². The van der Waals surface area contributed by atoms with Crippen molar-refractivity contribution < 1.29 is 10.2 Å². The third-order valence-electron chi connectivity index (χ3n) is 4.77. The Morgan fingerprint density at radius 2 is 1.58 bits per heavy atom. The minimum Gasteiger partial charge on any atom is -0.507 e. The molecule has 0 amide bonds. The van der Waals surface area contributed by atoms with Crippen molar-refractivity contribution in [1.29, 1.82) is 0 Å². The van der Waals surface area contributed by atoms with Crippen molar-refractivity contribution in [2.24, 2.45) is 0 Å². The number of phenolic OH excluding ortho intramolecular Hbond substituents is 2. The number of fused-ring (bicyclic) bond motifs is 1. The van der Waals surface area contributed by atoms with E-state index in [1.807, 2.05) is 31.2 Å². The molecule has 0 unspecified atom stereocenters. The van der Waals surface area contributed by atoms with Gasteiger partial charge in [0.1, 0.15) is 11.5 Å². The van der Waals surface area contributed by atoms with E-state index in [4.69, 9.17) is 0 Å². The lowest BCUT2D eigenvalue weighted by Gasteiger charge is -2.13. The fraction of sp³-hybridized carbons (Fsp3) is 0.364. The summed E-state index contributed by atoms with van der Waals surface area (Å²) in [5, 5.41) is 22.4. The van der Waals surface area contributed by atoms with Crippen molar-refractivity contribution in [3.05, 3.63) is 58.7 Å². The Balaban J connectivity index is 2.22. The van der Waals surface area contributed by atoms with Gasteiger partial charge < -0.3 is 10.2 Å². The summed E-state index contributed by atoms with van der Waals surface area (Å²) in [5.74, 6) is 0.553. The molecule has 0 aromatic heterocycles. The summed E-state index contributed by atoms with van der Waals surface area (Å²) >= 11 is 0. The Labute approximate surface area is 145 Å². The first-order valence-electron chi connectivity index (χ1n) is 8.69. The van der Waals surface area contributed by atoms with E-state index in [2.05, 4.69) is 32.9 Å². The maximum atomic E-state index is 10.6. The number of allylic oxidation sites excluding steroid dienone is 4. The van der Waals surface area contributed by atoms with Crippen molar-refractivity contribution >= 4 is 10.8 Å². The maximum Gasteiger partial charge on any atom is 0.127 e. The van der Waals surface area contributed by atoms with Gasteiger partial charge in [0.15, 0.2) is 0 Å². The molecule has 0 atom stereocenters. The number of rotatable bonds is 6. The van der Waals surface area contributed by atoms with E-state index >= 15 is 0 Å². The minimum atomic E-state index is 0.269. The van der Waals surface area contributed by atoms with Crippen LogP contribution in [0.2, 0.25) is 0 Å². The predicted octanol–water partition coefficient (Wildman–Crippen LogP) is 6.18. The van der Waals surface area contributed by atoms with Crippen molar-refractivity contribution in [1.82, 2.24) is 0 Å². The molecule has 0 fully saturated rings. The quantitative estimate of drug-likeness (QED) is 0.491. The monoisotopic (exact) mass is 324 g/mol. The van der Waals surface area contributed by atoms with Gasteiger partial charge in [-0.2, -0.15) is 0 Å². The van der Waals surface area contributed by atoms with E-state index in [1.165, 1.54) is 11.1 Å². The molecule has 2 nitrogen and oxygen atoms in total. The van der Waals surface area contributed by atoms with Crippen molar-refractivity contribution in [3.63, 3.8) is 0 Å². The fourth-order valence-electron chi connectivity index (χ4n) is 2.90. The van der Waals surface area contributed by atoms with E-state index in [-0.39, 0.29) is 11.5 Å². The number of benzene rings is 2. The van der Waals surface area contributed by atoms with Crippen LogP contribution in [0.4, 0.5) is 0 Å². The molecule has 2 heteroatoms. The zero-order valence-corrected chi connectivity index (χ0v) is 15.2. The van der Waals surface area contributed by atoms with Crippen molar-refractivity contribution in [2.75, 3.05) is 0 Å². The summed E-state index contributed by atoms with van der Waals surface area (Å²) < 4.78 is 0. The van der Waals surface area contributed by atoms with E-state index in [0.717, 1.165) is 30.4 Å². The van der Waals surface area contributed by atoms with Gasteiger partial charge in [-0.15, -0.1) is 0 Å². The number of hydrogen-bond acceptors (Lipinski definition) is 2. The Hall–Kier alpha value is -2.22. The van der Waals surface area contributed by atoms with Gasteiger partial charge in [-0.1, -0.05) is 54.5 Å². The zero-order chi connectivity index (χ0) is 17.7. The molecule has 0 saturated heterocycles. The highest BCUT2D eigenvalue weighted by molar-refractivity contribution is 5.95. The molecule has 0 spiro atoms. The fourth-order valence-corrected chi connectivity index (χ4v) is 2.90. The third-order valence-corrected chi connectivity index (χ3v) is 4.77. The van der Waals surface area contributed by atoms with Gasteiger partial charge in [0.2, 0.25) is 0 Å². The number of aromatic hydroxyl groups is 2. The molecule has 2 aromatic rings. The van der Waals surface area contributed by atoms with E-state index < -0.39 is 0 Å². The standard InChI is InChI=1S/C22H28O2/c1-5-15(2)9-8-10-16(3)13-14-18-17(4)21(23)19-11-6-7-12-20(19)22(18)24/h6-7,9,11-13,23-24H,5,8,10,14H2,1-4H3/b15-9+,16-13+. The summed E-state index contributed by atoms with van der Waals surface area (Å²) in [6.07, 6.45) is 8.27. The smallest absolute Gasteiger partial charge is 0.127 e. The van der Waals surface area contributed by atoms with Crippen LogP contribution in [0.1, 0.15) is 51.2 Å². The zero-order valence-electron chi connectivity index (χ0n) is 15.2. The molecule has 0 bridgehead atoms. The van der Waals surface area contributed by atoms with Crippen LogP contribution in [-0.4, -0.2) is 10.2 Å². The Morgan fingerprint density at radius 3 is 2.21 bits per heavy atom. The molecule has 2 aromatic carbocycles. The first-order valence-corrected chi connectivity index (χ1v) is 8.69. The average Bonchev–Trinajstić information content (AvgIpc) is 2.59. The molecular weight excluding hydrogens is 296 g/mol. The van der Waals surface area contributed by atoms with E-state index in [0.29, 0.717) is 17.2 Å². The summed E-state index contributed by atoms with van der Waals surface area (Å²) in [6.45, 7) is 8.33. The Bertz CT molecular complexity index is 782. The highest BCUT2D eigenvalue weighted by Crippen LogP contribution is 2.39. The molecule has 2 rings (SSSR count). The third kappa shape index (κ3) is 4.00. The Morgan fingerprint density at radius 1 is 0.958 bits per heavy atom. The molecule has 0 saturated carbocycles. The molecule has 128 valence electrons. The van der Waals surface area contributed by atoms with Gasteiger partial charge in [0.05, 0.1) is 0 Å². The molecular formula is C22H28O2. The van der Waals surface area contributed by atoms with Gasteiger partial charge in [-0.05, 0) is 52.0 Å². The molecule has 0 aliphatic rings. The first kappa shape index (κ1) is 18.1. The van der Waals surface area contributed by atoms with Gasteiger partial charge in [-0.3, -0.25) is 0 Å². The van der Waals surface area contributed by atoms with Gasteiger partial charge in [0.25, 0.3) is 0 Å². The molecule has 0 radical (unpaired) electrons. The second-order valence-corrected chi connectivity index (χ2v) is 6.54. The lowest BCUT2D eigenvalue weighted by atomic mass is 9.95. The summed E-state index contributed by atoms with van der Waals surface area (Å²) in [4.78, 5) is 0. The van der Waals surface area contributed by atoms with Crippen molar-refractivity contribution in [3.8, 4) is 11.5 Å². The lowest BCUT2D eigenvalue weighted by Crippen LogP contribution is -1.92. The van der Waals surface area contributed by atoms with Crippen LogP contribution in [0.25, 0.3) is 10.8 Å². The van der Waals surface area contributed by atoms with Gasteiger partial charge in [0, 0.05) is 16.3 Å². The van der Waals surface area contributed by atoms with Gasteiger partial charge in [-0.25, -0.2) is 0 Å². The molecule has 0 aliphatic heterocycles. The molecule has 0 aliphatic carbocycles. The topological polar surface area (TPSA) is 40.5 Å². The Kier molecular flexibility index (Phi) is 6.08. The normalized spacial score (nSPS) is 12.8. The van der Waals surface area contributed by atoms with Crippen molar-refractivity contribution in [2.45, 2.75) is 53.4 Å². The highest BCUT2D eigenvalue weighted by atomic mass is 16.3. The summed E-state index contributed by atoms with van der Waals surface area (Å²) in [5.41, 5.74) is 4.31. The van der Waals surface area contributed by atoms with Crippen LogP contribution in [0.5, 0.6) is 11.5 Å². The van der Waals surface area contributed by atoms with Crippen LogP contribution in [-0.2, 0) is 6.42 Å². The van der Waals surface area contributed by atoms with Crippen LogP contribution in [0.15, 0.2) is 47.6 Å². The number of hydrogen-bond donors (Lipinski definition) is 2. The van der Waals surface area contributed by atoms with Crippen LogP contribution in [0.3, 0.4) is 0 Å². The largest absolute Gasteiger partial charge is 0.507 e. The summed E-state index contributed by atoms with van der Waals surface area (Å²) in [6, 6.07) is 7.44. The minimum absolute atomic E-state index is 0.269. The highest BCUT2D eigenvalue weighted by Gasteiger charge is 2.14. The summed E-state index contributed by atoms with van der Waals surface area (Å²) in [7, 11) is 0. The first-order chi connectivity index (χ1) is 11.5. The lowest BCUT2D eigenvalue weighted by molar-refractivity contribution is 0.461. The van der Waals surface area contributed by atoms with Crippen LogP contribution in [0, 0.1) is 6.92 Å². The SMILES string of the molecule is CC/C(C)=C/CC/C(C)=C/Cc1c(C)c(O)c2ccccc2c1O. The average molecular weight is 324 g/mol. The molecule has 0 heterocycles. The second-order valence-electron chi connectivity index (χ2n) is 6.54.